The van der Waals surface area contributed by atoms with Crippen LogP contribution in [-0.2, 0) is 4.79 Å². The fraction of sp³-hybridized carbons (Fsp3) is 0.188. The van der Waals surface area contributed by atoms with Crippen LogP contribution in [0.15, 0.2) is 48.5 Å². The number of carbonyl (C=O) groups is 1. The van der Waals surface area contributed by atoms with E-state index in [4.69, 9.17) is 11.6 Å². The first-order chi connectivity index (χ1) is 10.1. The number of likely N-dealkylation sites (N-methyl/N-ethyl adjacent to an activating group) is 1. The van der Waals surface area contributed by atoms with E-state index < -0.39 is 6.04 Å². The van der Waals surface area contributed by atoms with Crippen LogP contribution in [0.1, 0.15) is 17.2 Å². The van der Waals surface area contributed by atoms with Crippen LogP contribution in [0, 0.1) is 0 Å². The molecule has 1 heterocycles. The van der Waals surface area contributed by atoms with Crippen molar-refractivity contribution in [2.45, 2.75) is 6.04 Å². The molecular formula is C16H15ClN2O2. The molecule has 0 bridgehead atoms. The van der Waals surface area contributed by atoms with Gasteiger partial charge in [-0.25, -0.2) is 0 Å². The molecule has 1 amide bonds. The van der Waals surface area contributed by atoms with Crippen molar-refractivity contribution >= 4 is 23.2 Å². The minimum atomic E-state index is -0.422. The molecule has 0 radical (unpaired) electrons. The first-order valence-corrected chi connectivity index (χ1v) is 7.02. The Morgan fingerprint density at radius 3 is 2.62 bits per heavy atom. The number of hydrogen-bond acceptors (Lipinski definition) is 3. The third-order valence-corrected chi connectivity index (χ3v) is 3.97. The average molecular weight is 303 g/mol. The van der Waals surface area contributed by atoms with Crippen LogP contribution in [0.3, 0.4) is 0 Å². The molecule has 1 N–H and O–H groups in total. The standard InChI is InChI=1S/C16H15ClN2O2/c1-18-14-8-7-12(17)9-13(14)16(19(21)10-15(18)20)11-5-3-2-4-6-11/h2-9,16,21H,10H2,1H3. The lowest BCUT2D eigenvalue weighted by atomic mass is 9.97. The summed E-state index contributed by atoms with van der Waals surface area (Å²) in [5.41, 5.74) is 2.48. The summed E-state index contributed by atoms with van der Waals surface area (Å²) >= 11 is 6.11. The van der Waals surface area contributed by atoms with E-state index in [1.54, 1.807) is 24.1 Å². The third kappa shape index (κ3) is 2.53. The zero-order valence-corrected chi connectivity index (χ0v) is 12.3. The van der Waals surface area contributed by atoms with Crippen molar-refractivity contribution in [2.24, 2.45) is 0 Å². The lowest BCUT2D eigenvalue weighted by Gasteiger charge is -2.25. The Labute approximate surface area is 128 Å². The molecule has 0 saturated heterocycles. The number of hydrogen-bond donors (Lipinski definition) is 1. The molecule has 3 rings (SSSR count). The van der Waals surface area contributed by atoms with Crippen molar-refractivity contribution in [3.63, 3.8) is 0 Å². The summed E-state index contributed by atoms with van der Waals surface area (Å²) in [6.45, 7) is -0.0671. The first-order valence-electron chi connectivity index (χ1n) is 6.64. The lowest BCUT2D eigenvalue weighted by molar-refractivity contribution is -0.142. The summed E-state index contributed by atoms with van der Waals surface area (Å²) in [6, 6.07) is 14.5. The van der Waals surface area contributed by atoms with Gasteiger partial charge < -0.3 is 10.1 Å². The normalized spacial score (nSPS) is 19.3. The second-order valence-corrected chi connectivity index (χ2v) is 5.50. The summed E-state index contributed by atoms with van der Waals surface area (Å²) < 4.78 is 0. The van der Waals surface area contributed by atoms with Crippen LogP contribution < -0.4 is 4.90 Å². The zero-order valence-electron chi connectivity index (χ0n) is 11.5. The first kappa shape index (κ1) is 14.1. The summed E-state index contributed by atoms with van der Waals surface area (Å²) in [5.74, 6) is -0.167. The minimum Gasteiger partial charge on any atom is -0.314 e. The van der Waals surface area contributed by atoms with Crippen molar-refractivity contribution in [2.75, 3.05) is 18.5 Å². The molecule has 1 aliphatic rings. The second-order valence-electron chi connectivity index (χ2n) is 5.07. The maximum absolute atomic E-state index is 12.1. The molecule has 5 heteroatoms. The third-order valence-electron chi connectivity index (χ3n) is 3.73. The Balaban J connectivity index is 2.21. The van der Waals surface area contributed by atoms with E-state index >= 15 is 0 Å². The van der Waals surface area contributed by atoms with E-state index in [0.717, 1.165) is 21.9 Å². The fourth-order valence-corrected chi connectivity index (χ4v) is 2.85. The van der Waals surface area contributed by atoms with E-state index in [1.165, 1.54) is 0 Å². The number of halogens is 1. The number of nitrogens with zero attached hydrogens (tertiary/aromatic N) is 2. The number of benzene rings is 2. The number of fused-ring (bicyclic) bond motifs is 1. The minimum absolute atomic E-state index is 0.0671. The maximum atomic E-state index is 12.1. The highest BCUT2D eigenvalue weighted by molar-refractivity contribution is 6.30. The van der Waals surface area contributed by atoms with Gasteiger partial charge in [-0.2, -0.15) is 5.06 Å². The zero-order chi connectivity index (χ0) is 15.0. The van der Waals surface area contributed by atoms with Gasteiger partial charge in [-0.1, -0.05) is 41.9 Å². The van der Waals surface area contributed by atoms with Gasteiger partial charge in [0.1, 0.15) is 6.54 Å². The molecule has 1 aliphatic heterocycles. The van der Waals surface area contributed by atoms with Crippen molar-refractivity contribution in [3.05, 3.63) is 64.7 Å². The summed E-state index contributed by atoms with van der Waals surface area (Å²) in [4.78, 5) is 13.7. The predicted molar refractivity (Wildman–Crippen MR) is 81.6 cm³/mol. The molecule has 108 valence electrons. The predicted octanol–water partition coefficient (Wildman–Crippen LogP) is 3.10. The molecule has 4 nitrogen and oxygen atoms in total. The Morgan fingerprint density at radius 1 is 1.19 bits per heavy atom. The van der Waals surface area contributed by atoms with Crippen molar-refractivity contribution in [3.8, 4) is 0 Å². The molecule has 0 spiro atoms. The van der Waals surface area contributed by atoms with Crippen LogP contribution in [0.5, 0.6) is 0 Å². The second kappa shape index (κ2) is 5.48. The Hall–Kier alpha value is -1.88. The van der Waals surface area contributed by atoms with E-state index in [2.05, 4.69) is 0 Å². The highest BCUT2D eigenvalue weighted by Gasteiger charge is 2.32. The van der Waals surface area contributed by atoms with Gasteiger partial charge in [0.2, 0.25) is 5.91 Å². The monoisotopic (exact) mass is 302 g/mol. The number of anilines is 1. The number of carbonyl (C=O) groups excluding carboxylic acids is 1. The number of hydroxylamine groups is 2. The van der Waals surface area contributed by atoms with Crippen LogP contribution in [0.4, 0.5) is 5.69 Å². The summed E-state index contributed by atoms with van der Waals surface area (Å²) in [6.07, 6.45) is 0. The van der Waals surface area contributed by atoms with Gasteiger partial charge in [0, 0.05) is 23.3 Å². The fourth-order valence-electron chi connectivity index (χ4n) is 2.67. The van der Waals surface area contributed by atoms with Crippen LogP contribution >= 0.6 is 11.6 Å². The molecule has 0 aromatic heterocycles. The molecule has 2 aromatic carbocycles. The Bertz CT molecular complexity index is 675. The van der Waals surface area contributed by atoms with E-state index in [9.17, 15) is 10.0 Å². The molecule has 2 aromatic rings. The van der Waals surface area contributed by atoms with Crippen molar-refractivity contribution in [1.29, 1.82) is 0 Å². The topological polar surface area (TPSA) is 43.8 Å². The molecule has 1 unspecified atom stereocenters. The molecule has 0 saturated carbocycles. The van der Waals surface area contributed by atoms with Gasteiger partial charge in [-0.15, -0.1) is 0 Å². The number of rotatable bonds is 1. The molecule has 1 atom stereocenters. The molecule has 21 heavy (non-hydrogen) atoms. The van der Waals surface area contributed by atoms with Crippen LogP contribution in [-0.4, -0.2) is 29.8 Å². The van der Waals surface area contributed by atoms with E-state index in [1.807, 2.05) is 36.4 Å². The largest absolute Gasteiger partial charge is 0.314 e. The molecule has 0 fully saturated rings. The SMILES string of the molecule is CN1C(=O)CN(O)C(c2ccccc2)c2cc(Cl)ccc21. The van der Waals surface area contributed by atoms with E-state index in [-0.39, 0.29) is 12.5 Å². The highest BCUT2D eigenvalue weighted by Crippen LogP contribution is 2.37. The van der Waals surface area contributed by atoms with Gasteiger partial charge in [0.15, 0.2) is 0 Å². The molecular weight excluding hydrogens is 288 g/mol. The number of amides is 1. The quantitative estimate of drug-likeness (QED) is 0.880. The average Bonchev–Trinajstić information content (AvgIpc) is 2.56. The molecule has 0 aliphatic carbocycles. The van der Waals surface area contributed by atoms with Gasteiger partial charge in [0.05, 0.1) is 6.04 Å². The van der Waals surface area contributed by atoms with Gasteiger partial charge in [0.25, 0.3) is 0 Å². The van der Waals surface area contributed by atoms with Crippen molar-refractivity contribution in [1.82, 2.24) is 5.06 Å². The van der Waals surface area contributed by atoms with E-state index in [0.29, 0.717) is 5.02 Å². The lowest BCUT2D eigenvalue weighted by Crippen LogP contribution is -2.35. The van der Waals surface area contributed by atoms with Gasteiger partial charge in [-0.3, -0.25) is 4.79 Å². The van der Waals surface area contributed by atoms with Gasteiger partial charge >= 0.3 is 0 Å². The van der Waals surface area contributed by atoms with Gasteiger partial charge in [-0.05, 0) is 23.8 Å². The van der Waals surface area contributed by atoms with Crippen LogP contribution in [0.2, 0.25) is 5.02 Å². The summed E-state index contributed by atoms with van der Waals surface area (Å²) in [5, 5.41) is 12.0. The van der Waals surface area contributed by atoms with Crippen LogP contribution in [0.25, 0.3) is 0 Å². The Kier molecular flexibility index (Phi) is 3.68. The Morgan fingerprint density at radius 2 is 1.90 bits per heavy atom. The highest BCUT2D eigenvalue weighted by atomic mass is 35.5. The maximum Gasteiger partial charge on any atom is 0.243 e. The summed E-state index contributed by atoms with van der Waals surface area (Å²) in [7, 11) is 1.70. The van der Waals surface area contributed by atoms with Crippen molar-refractivity contribution < 1.29 is 10.0 Å². The smallest absolute Gasteiger partial charge is 0.243 e.